The molecule has 1 aromatic rings. The molecule has 1 aliphatic rings. The van der Waals surface area contributed by atoms with E-state index in [1.807, 2.05) is 0 Å². The third-order valence-corrected chi connectivity index (χ3v) is 3.15. The van der Waals surface area contributed by atoms with E-state index in [1.165, 1.54) is 6.07 Å². The van der Waals surface area contributed by atoms with E-state index >= 15 is 0 Å². The van der Waals surface area contributed by atoms with Gasteiger partial charge in [-0.05, 0) is 37.0 Å². The lowest BCUT2D eigenvalue weighted by atomic mass is 9.92. The van der Waals surface area contributed by atoms with Crippen molar-refractivity contribution in [2.45, 2.75) is 31.8 Å². The van der Waals surface area contributed by atoms with Crippen molar-refractivity contribution in [1.82, 2.24) is 0 Å². The summed E-state index contributed by atoms with van der Waals surface area (Å²) in [6.45, 7) is 2.00. The number of aliphatic hydroxyl groups is 1. The van der Waals surface area contributed by atoms with Gasteiger partial charge >= 0.3 is 5.97 Å². The third kappa shape index (κ3) is 2.17. The van der Waals surface area contributed by atoms with E-state index in [2.05, 4.69) is 0 Å². The maximum Gasteiger partial charge on any atom is 0.309 e. The second-order valence-corrected chi connectivity index (χ2v) is 4.28. The third-order valence-electron chi connectivity index (χ3n) is 3.15. The average molecular weight is 238 g/mol. The molecule has 0 amide bonds. The van der Waals surface area contributed by atoms with Gasteiger partial charge in [0.1, 0.15) is 11.4 Å². The number of benzene rings is 1. The highest BCUT2D eigenvalue weighted by atomic mass is 19.1. The first kappa shape index (κ1) is 12.0. The molecule has 0 bridgehead atoms. The smallest absolute Gasteiger partial charge is 0.309 e. The Balaban J connectivity index is 2.25. The fraction of sp³-hybridized carbons (Fsp3) is 0.462. The van der Waals surface area contributed by atoms with E-state index in [0.717, 1.165) is 0 Å². The van der Waals surface area contributed by atoms with Gasteiger partial charge in [-0.1, -0.05) is 12.1 Å². The van der Waals surface area contributed by atoms with Crippen LogP contribution in [0.3, 0.4) is 0 Å². The van der Waals surface area contributed by atoms with Gasteiger partial charge in [-0.15, -0.1) is 0 Å². The molecule has 1 unspecified atom stereocenters. The highest BCUT2D eigenvalue weighted by molar-refractivity contribution is 5.71. The summed E-state index contributed by atoms with van der Waals surface area (Å²) in [5.74, 6) is -0.769. The Labute approximate surface area is 99.2 Å². The van der Waals surface area contributed by atoms with Gasteiger partial charge in [0.2, 0.25) is 0 Å². The number of halogens is 1. The van der Waals surface area contributed by atoms with Crippen LogP contribution in [-0.2, 0) is 21.6 Å². The van der Waals surface area contributed by atoms with Crippen LogP contribution in [0.2, 0.25) is 0 Å². The van der Waals surface area contributed by atoms with Crippen LogP contribution in [0.5, 0.6) is 0 Å². The van der Waals surface area contributed by atoms with Gasteiger partial charge in [-0.25, -0.2) is 4.39 Å². The lowest BCUT2D eigenvalue weighted by Gasteiger charge is -2.22. The van der Waals surface area contributed by atoms with E-state index < -0.39 is 11.6 Å². The summed E-state index contributed by atoms with van der Waals surface area (Å²) in [5.41, 5.74) is -0.242. The van der Waals surface area contributed by atoms with E-state index in [9.17, 15) is 14.3 Å². The minimum absolute atomic E-state index is 0.114. The quantitative estimate of drug-likeness (QED) is 0.818. The molecule has 3 nitrogen and oxygen atoms in total. The first-order valence-electron chi connectivity index (χ1n) is 5.72. The lowest BCUT2D eigenvalue weighted by Crippen LogP contribution is -2.27. The van der Waals surface area contributed by atoms with Crippen LogP contribution in [0.25, 0.3) is 0 Å². The monoisotopic (exact) mass is 238 g/mol. The van der Waals surface area contributed by atoms with Gasteiger partial charge in [-0.3, -0.25) is 4.79 Å². The maximum atomic E-state index is 13.5. The molecule has 0 aliphatic heterocycles. The molecule has 2 rings (SSSR count). The van der Waals surface area contributed by atoms with Crippen LogP contribution in [0, 0.1) is 5.82 Å². The number of fused-ring (bicyclic) bond motifs is 1. The molecule has 0 saturated heterocycles. The Morgan fingerprint density at radius 1 is 1.59 bits per heavy atom. The van der Waals surface area contributed by atoms with Crippen molar-refractivity contribution >= 4 is 5.97 Å². The first-order valence-corrected chi connectivity index (χ1v) is 5.72. The standard InChI is InChI=1S/C13H15FO3/c1-2-17-12(15)8-13(16)7-6-9-10(13)4-3-5-11(9)14/h3-5,16H,2,6-8H2,1H3. The van der Waals surface area contributed by atoms with Gasteiger partial charge in [0.15, 0.2) is 0 Å². The fourth-order valence-corrected chi connectivity index (χ4v) is 2.35. The highest BCUT2D eigenvalue weighted by Crippen LogP contribution is 2.40. The molecule has 0 spiro atoms. The van der Waals surface area contributed by atoms with Crippen molar-refractivity contribution in [3.8, 4) is 0 Å². The van der Waals surface area contributed by atoms with Gasteiger partial charge in [0.25, 0.3) is 0 Å². The van der Waals surface area contributed by atoms with Gasteiger partial charge in [-0.2, -0.15) is 0 Å². The summed E-state index contributed by atoms with van der Waals surface area (Å²) in [6, 6.07) is 4.59. The fourth-order valence-electron chi connectivity index (χ4n) is 2.35. The zero-order valence-electron chi connectivity index (χ0n) is 9.70. The number of ether oxygens (including phenoxy) is 1. The molecule has 4 heteroatoms. The van der Waals surface area contributed by atoms with Gasteiger partial charge in [0.05, 0.1) is 13.0 Å². The molecule has 1 aromatic carbocycles. The average Bonchev–Trinajstić information content (AvgIpc) is 2.58. The van der Waals surface area contributed by atoms with E-state index in [-0.39, 0.29) is 18.8 Å². The van der Waals surface area contributed by atoms with Crippen molar-refractivity contribution in [3.63, 3.8) is 0 Å². The first-order chi connectivity index (χ1) is 8.07. The molecule has 1 atom stereocenters. The number of hydrogen-bond acceptors (Lipinski definition) is 3. The largest absolute Gasteiger partial charge is 0.466 e. The van der Waals surface area contributed by atoms with Crippen molar-refractivity contribution in [2.24, 2.45) is 0 Å². The van der Waals surface area contributed by atoms with Crippen molar-refractivity contribution in [3.05, 3.63) is 35.1 Å². The number of esters is 1. The predicted octanol–water partition coefficient (Wildman–Crippen LogP) is 1.91. The van der Waals surface area contributed by atoms with Crippen molar-refractivity contribution < 1.29 is 19.0 Å². The topological polar surface area (TPSA) is 46.5 Å². The number of hydrogen-bond donors (Lipinski definition) is 1. The van der Waals surface area contributed by atoms with Crippen LogP contribution < -0.4 is 0 Å². The molecule has 1 N–H and O–H groups in total. The van der Waals surface area contributed by atoms with Crippen LogP contribution in [-0.4, -0.2) is 17.7 Å². The molecule has 17 heavy (non-hydrogen) atoms. The lowest BCUT2D eigenvalue weighted by molar-refractivity contribution is -0.149. The van der Waals surface area contributed by atoms with E-state index in [4.69, 9.17) is 4.74 Å². The van der Waals surface area contributed by atoms with Crippen LogP contribution in [0.1, 0.15) is 30.9 Å². The summed E-state index contributed by atoms with van der Waals surface area (Å²) in [4.78, 5) is 11.4. The summed E-state index contributed by atoms with van der Waals surface area (Å²) in [5, 5.41) is 10.4. The Bertz CT molecular complexity index is 444. The Hall–Kier alpha value is -1.42. The normalized spacial score (nSPS) is 22.3. The molecule has 0 saturated carbocycles. The molecular weight excluding hydrogens is 223 g/mol. The van der Waals surface area contributed by atoms with E-state index in [0.29, 0.717) is 24.0 Å². The Morgan fingerprint density at radius 3 is 3.06 bits per heavy atom. The molecule has 92 valence electrons. The maximum absolute atomic E-state index is 13.5. The Kier molecular flexibility index (Phi) is 3.15. The molecule has 0 aromatic heterocycles. The molecule has 1 aliphatic carbocycles. The molecular formula is C13H15FO3. The number of carbonyl (C=O) groups excluding carboxylic acids is 1. The molecule has 0 fully saturated rings. The SMILES string of the molecule is CCOC(=O)CC1(O)CCc2c(F)cccc21. The van der Waals surface area contributed by atoms with Gasteiger partial charge in [0, 0.05) is 0 Å². The zero-order valence-corrected chi connectivity index (χ0v) is 9.70. The number of rotatable bonds is 3. The van der Waals surface area contributed by atoms with Crippen LogP contribution in [0.15, 0.2) is 18.2 Å². The zero-order chi connectivity index (χ0) is 12.5. The second kappa shape index (κ2) is 4.45. The van der Waals surface area contributed by atoms with Crippen molar-refractivity contribution in [2.75, 3.05) is 6.61 Å². The molecule has 0 radical (unpaired) electrons. The summed E-state index contributed by atoms with van der Waals surface area (Å²) in [7, 11) is 0. The van der Waals surface area contributed by atoms with Gasteiger partial charge < -0.3 is 9.84 Å². The van der Waals surface area contributed by atoms with Crippen LogP contribution in [0.4, 0.5) is 4.39 Å². The molecule has 0 heterocycles. The van der Waals surface area contributed by atoms with Crippen molar-refractivity contribution in [1.29, 1.82) is 0 Å². The summed E-state index contributed by atoms with van der Waals surface area (Å²) in [6.07, 6.45) is 0.706. The summed E-state index contributed by atoms with van der Waals surface area (Å²) < 4.78 is 18.3. The Morgan fingerprint density at radius 2 is 2.35 bits per heavy atom. The summed E-state index contributed by atoms with van der Waals surface area (Å²) >= 11 is 0. The van der Waals surface area contributed by atoms with Crippen LogP contribution >= 0.6 is 0 Å². The van der Waals surface area contributed by atoms with E-state index in [1.54, 1.807) is 19.1 Å². The highest BCUT2D eigenvalue weighted by Gasteiger charge is 2.40. The second-order valence-electron chi connectivity index (χ2n) is 4.28. The minimum atomic E-state index is -1.27. The predicted molar refractivity (Wildman–Crippen MR) is 59.9 cm³/mol. The number of carbonyl (C=O) groups is 1. The minimum Gasteiger partial charge on any atom is -0.466 e.